The van der Waals surface area contributed by atoms with E-state index in [0.29, 0.717) is 12.2 Å². The summed E-state index contributed by atoms with van der Waals surface area (Å²) in [6, 6.07) is 0. The molecular weight excluding hydrogens is 314 g/mol. The Morgan fingerprint density at radius 3 is 2.79 bits per heavy atom. The van der Waals surface area contributed by atoms with Crippen molar-refractivity contribution in [1.29, 1.82) is 0 Å². The van der Waals surface area contributed by atoms with Crippen molar-refractivity contribution >= 4 is 11.6 Å². The zero-order valence-electron chi connectivity index (χ0n) is 14.0. The second-order valence-corrected chi connectivity index (χ2v) is 6.20. The minimum absolute atomic E-state index is 0.0858. The van der Waals surface area contributed by atoms with Gasteiger partial charge >= 0.3 is 0 Å². The van der Waals surface area contributed by atoms with Gasteiger partial charge in [-0.1, -0.05) is 32.3 Å². The smallest absolute Gasteiger partial charge is 0.295 e. The van der Waals surface area contributed by atoms with Gasteiger partial charge in [-0.05, 0) is 30.6 Å². The number of rotatable bonds is 7. The quantitative estimate of drug-likeness (QED) is 0.719. The number of nitrogens with one attached hydrogen (secondary N) is 1. The molecular formula is C18H24F2N2O2. The van der Waals surface area contributed by atoms with Crippen LogP contribution in [0.5, 0.6) is 0 Å². The molecule has 4 nitrogen and oxygen atoms in total. The number of hydrogen-bond donors (Lipinski definition) is 1. The van der Waals surface area contributed by atoms with Crippen LogP contribution in [0, 0.1) is 5.92 Å². The van der Waals surface area contributed by atoms with Gasteiger partial charge in [0.15, 0.2) is 5.71 Å². The number of nitrogens with zero attached hydrogens (tertiary/aromatic N) is 1. The molecule has 0 aromatic carbocycles. The number of unbranched alkanes of at least 4 members (excludes halogenated alkanes) is 1. The predicted octanol–water partition coefficient (Wildman–Crippen LogP) is 3.76. The first kappa shape index (κ1) is 18.4. The molecule has 1 aliphatic heterocycles. The Kier molecular flexibility index (Phi) is 6.29. The second kappa shape index (κ2) is 8.22. The summed E-state index contributed by atoms with van der Waals surface area (Å²) in [6.07, 6.45) is 8.83. The minimum Gasteiger partial charge on any atom is -0.497 e. The highest BCUT2D eigenvalue weighted by Gasteiger charge is 2.40. The summed E-state index contributed by atoms with van der Waals surface area (Å²) in [7, 11) is 1.48. The maximum Gasteiger partial charge on any atom is 0.295 e. The van der Waals surface area contributed by atoms with E-state index in [9.17, 15) is 13.6 Å². The molecule has 0 bridgehead atoms. The third-order valence-corrected chi connectivity index (χ3v) is 4.11. The first-order valence-electron chi connectivity index (χ1n) is 8.28. The lowest BCUT2D eigenvalue weighted by molar-refractivity contribution is -0.116. The van der Waals surface area contributed by atoms with E-state index in [1.165, 1.54) is 26.0 Å². The lowest BCUT2D eigenvalue weighted by Crippen LogP contribution is -2.42. The topological polar surface area (TPSA) is 50.7 Å². The highest BCUT2D eigenvalue weighted by Crippen LogP contribution is 2.35. The van der Waals surface area contributed by atoms with Crippen molar-refractivity contribution in [3.8, 4) is 0 Å². The number of methoxy groups -OCH3 is 1. The molecule has 1 saturated carbocycles. The minimum atomic E-state index is -3.27. The van der Waals surface area contributed by atoms with Gasteiger partial charge in [0.05, 0.1) is 12.8 Å². The monoisotopic (exact) mass is 338 g/mol. The van der Waals surface area contributed by atoms with Crippen LogP contribution >= 0.6 is 0 Å². The zero-order chi connectivity index (χ0) is 17.6. The summed E-state index contributed by atoms with van der Waals surface area (Å²) in [5, 5.41) is 2.43. The molecule has 24 heavy (non-hydrogen) atoms. The Morgan fingerprint density at radius 2 is 2.12 bits per heavy atom. The number of aliphatic imine (C=N–C) groups is 1. The molecule has 0 radical (unpaired) electrons. The van der Waals surface area contributed by atoms with Crippen LogP contribution in [0.2, 0.25) is 0 Å². The van der Waals surface area contributed by atoms with E-state index in [1.54, 1.807) is 12.2 Å². The summed E-state index contributed by atoms with van der Waals surface area (Å²) in [5.41, 5.74) is -0.680. The van der Waals surface area contributed by atoms with Crippen molar-refractivity contribution in [2.75, 3.05) is 13.7 Å². The molecule has 6 heteroatoms. The molecule has 0 atom stereocenters. The largest absolute Gasteiger partial charge is 0.497 e. The molecule has 0 spiro atoms. The van der Waals surface area contributed by atoms with Crippen molar-refractivity contribution in [2.45, 2.75) is 44.4 Å². The third-order valence-electron chi connectivity index (χ3n) is 4.11. The summed E-state index contributed by atoms with van der Waals surface area (Å²) >= 11 is 0. The molecule has 0 aromatic heterocycles. The molecule has 0 unspecified atom stereocenters. The maximum absolute atomic E-state index is 14.5. The number of hydrogen-bond acceptors (Lipinski definition) is 3. The van der Waals surface area contributed by atoms with E-state index in [0.717, 1.165) is 18.8 Å². The molecule has 1 amide bonds. The molecule has 2 rings (SSSR count). The Bertz CT molecular complexity index is 576. The molecule has 1 fully saturated rings. The van der Waals surface area contributed by atoms with Gasteiger partial charge in [0.2, 0.25) is 0 Å². The summed E-state index contributed by atoms with van der Waals surface area (Å²) in [5.74, 6) is -2.91. The van der Waals surface area contributed by atoms with Crippen molar-refractivity contribution in [2.24, 2.45) is 10.9 Å². The lowest BCUT2D eigenvalue weighted by atomic mass is 10.0. The number of alkyl halides is 2. The molecule has 0 saturated heterocycles. The van der Waals surface area contributed by atoms with Gasteiger partial charge in [-0.25, -0.2) is 4.99 Å². The Labute approximate surface area is 141 Å². The first-order valence-corrected chi connectivity index (χ1v) is 8.28. The third kappa shape index (κ3) is 5.58. The van der Waals surface area contributed by atoms with Crippen LogP contribution in [-0.2, 0) is 9.53 Å². The van der Waals surface area contributed by atoms with Crippen LogP contribution in [0.25, 0.3) is 0 Å². The van der Waals surface area contributed by atoms with Crippen molar-refractivity contribution in [1.82, 2.24) is 5.32 Å². The van der Waals surface area contributed by atoms with Gasteiger partial charge in [-0.3, -0.25) is 4.79 Å². The van der Waals surface area contributed by atoms with Crippen LogP contribution in [0.1, 0.15) is 38.5 Å². The summed E-state index contributed by atoms with van der Waals surface area (Å²) < 4.78 is 34.0. The first-order chi connectivity index (χ1) is 11.4. The van der Waals surface area contributed by atoms with Gasteiger partial charge in [-0.15, -0.1) is 0 Å². The zero-order valence-corrected chi connectivity index (χ0v) is 14.0. The highest BCUT2D eigenvalue weighted by atomic mass is 19.3. The number of allylic oxidation sites excluding steroid dienone is 2. The Balaban J connectivity index is 2.06. The molecule has 1 N–H and O–H groups in total. The van der Waals surface area contributed by atoms with Crippen LogP contribution < -0.4 is 5.32 Å². The molecule has 132 valence electrons. The standard InChI is InChI=1S/C18H24F2N2O2/c1-13-6-9-15(24-2)10-12-21-17(23)16(22-13)18(19,20)11-4-3-5-14-7-8-14/h6,9-10,14H,1,3-5,7-8,11-12H2,2H3,(H,21,23)/b9-6-,15-10+,22-16?. The molecule has 0 aromatic rings. The normalized spacial score (nSPS) is 23.0. The summed E-state index contributed by atoms with van der Waals surface area (Å²) in [4.78, 5) is 15.9. The number of ether oxygens (including phenoxy) is 1. The average Bonchev–Trinajstić information content (AvgIpc) is 3.36. The van der Waals surface area contributed by atoms with Crippen LogP contribution in [-0.4, -0.2) is 31.2 Å². The van der Waals surface area contributed by atoms with E-state index >= 15 is 0 Å². The number of amides is 1. The lowest BCUT2D eigenvalue weighted by Gasteiger charge is -2.19. The molecule has 1 heterocycles. The van der Waals surface area contributed by atoms with Gasteiger partial charge < -0.3 is 10.1 Å². The molecule has 1 aliphatic carbocycles. The van der Waals surface area contributed by atoms with E-state index < -0.39 is 17.5 Å². The van der Waals surface area contributed by atoms with Gasteiger partial charge in [0, 0.05) is 13.0 Å². The van der Waals surface area contributed by atoms with Crippen LogP contribution in [0.4, 0.5) is 8.78 Å². The SMILES string of the molecule is C=C1/C=C\C(OC)=C/CNC(=O)C(C(F)(F)CCCCC2CC2)=N1. The average molecular weight is 338 g/mol. The van der Waals surface area contributed by atoms with Crippen LogP contribution in [0.3, 0.4) is 0 Å². The van der Waals surface area contributed by atoms with Gasteiger partial charge in [0.25, 0.3) is 11.8 Å². The highest BCUT2D eigenvalue weighted by molar-refractivity contribution is 6.41. The van der Waals surface area contributed by atoms with Crippen molar-refractivity contribution < 1.29 is 18.3 Å². The Morgan fingerprint density at radius 1 is 1.38 bits per heavy atom. The van der Waals surface area contributed by atoms with E-state index in [1.807, 2.05) is 0 Å². The van der Waals surface area contributed by atoms with E-state index in [4.69, 9.17) is 4.74 Å². The van der Waals surface area contributed by atoms with Crippen molar-refractivity contribution in [3.63, 3.8) is 0 Å². The van der Waals surface area contributed by atoms with E-state index in [-0.39, 0.29) is 18.7 Å². The number of carbonyl (C=O) groups is 1. The Hall–Kier alpha value is -1.98. The van der Waals surface area contributed by atoms with Crippen LogP contribution in [0.15, 0.2) is 41.3 Å². The second-order valence-electron chi connectivity index (χ2n) is 6.20. The number of halogens is 2. The van der Waals surface area contributed by atoms with E-state index in [2.05, 4.69) is 16.9 Å². The molecule has 2 aliphatic rings. The van der Waals surface area contributed by atoms with Gasteiger partial charge in [-0.2, -0.15) is 8.78 Å². The number of carbonyl (C=O) groups excluding carboxylic acids is 1. The fourth-order valence-electron chi connectivity index (χ4n) is 2.51. The maximum atomic E-state index is 14.5. The fraction of sp³-hybridized carbons (Fsp3) is 0.556. The predicted molar refractivity (Wildman–Crippen MR) is 90.0 cm³/mol. The summed E-state index contributed by atoms with van der Waals surface area (Å²) in [6.45, 7) is 3.71. The van der Waals surface area contributed by atoms with Gasteiger partial charge in [0.1, 0.15) is 5.76 Å². The fourth-order valence-corrected chi connectivity index (χ4v) is 2.51. The van der Waals surface area contributed by atoms with Crippen molar-refractivity contribution in [3.05, 3.63) is 36.3 Å².